The highest BCUT2D eigenvalue weighted by Crippen LogP contribution is 2.30. The monoisotopic (exact) mass is 636 g/mol. The molecular weight excluding hydrogens is 623 g/mol. The zero-order chi connectivity index (χ0) is 21.6. The Morgan fingerprint density at radius 1 is 1.48 bits per heavy atom. The molecule has 1 heterocycles. The summed E-state index contributed by atoms with van der Waals surface area (Å²) in [5.41, 5.74) is 4.12. The first-order valence-electron chi connectivity index (χ1n) is 7.99. The van der Waals surface area contributed by atoms with Gasteiger partial charge in [-0.25, -0.2) is 10.4 Å². The van der Waals surface area contributed by atoms with Gasteiger partial charge in [-0.05, 0) is 57.6 Å². The van der Waals surface area contributed by atoms with Crippen molar-refractivity contribution in [3.63, 3.8) is 0 Å². The number of carbonyl (C=O) groups excluding carboxylic acids is 1. The minimum atomic E-state index is -0.551. The van der Waals surface area contributed by atoms with E-state index in [0.29, 0.717) is 24.9 Å². The van der Waals surface area contributed by atoms with E-state index in [-0.39, 0.29) is 23.8 Å². The predicted molar refractivity (Wildman–Crippen MR) is 122 cm³/mol. The minimum Gasteiger partial charge on any atom is -0.506 e. The molecule has 2 N–H and O–H groups in total. The summed E-state index contributed by atoms with van der Waals surface area (Å²) < 4.78 is 12.6. The van der Waals surface area contributed by atoms with Crippen molar-refractivity contribution >= 4 is 66.6 Å². The van der Waals surface area contributed by atoms with Crippen LogP contribution in [-0.2, 0) is 16.1 Å². The van der Waals surface area contributed by atoms with Gasteiger partial charge in [-0.1, -0.05) is 15.9 Å². The summed E-state index contributed by atoms with van der Waals surface area (Å²) in [7, 11) is 1.51. The molecule has 29 heavy (non-hydrogen) atoms. The second-order valence-electron chi connectivity index (χ2n) is 5.62. The first kappa shape index (κ1) is 23.5. The SMILES string of the molecule is COCc1c(Br)c(C)nc(OCC(=O)NN=Cc2cc(Br)cc(I)c2O)c1C#N. The molecule has 8 nitrogen and oxygen atoms in total. The van der Waals surface area contributed by atoms with E-state index in [2.05, 4.69) is 47.4 Å². The molecule has 0 atom stereocenters. The number of ether oxygens (including phenoxy) is 2. The quantitative estimate of drug-likeness (QED) is 0.271. The second kappa shape index (κ2) is 10.9. The first-order valence-corrected chi connectivity index (χ1v) is 10.7. The van der Waals surface area contributed by atoms with Crippen LogP contribution in [0.4, 0.5) is 0 Å². The van der Waals surface area contributed by atoms with Crippen LogP contribution < -0.4 is 10.2 Å². The van der Waals surface area contributed by atoms with E-state index in [1.807, 2.05) is 28.7 Å². The molecule has 152 valence electrons. The van der Waals surface area contributed by atoms with E-state index in [0.717, 1.165) is 4.47 Å². The number of carbonyl (C=O) groups is 1. The summed E-state index contributed by atoms with van der Waals surface area (Å²) in [6, 6.07) is 5.44. The molecule has 0 saturated heterocycles. The number of hydrogen-bond donors (Lipinski definition) is 2. The maximum absolute atomic E-state index is 12.0. The second-order valence-corrected chi connectivity index (χ2v) is 8.49. The van der Waals surface area contributed by atoms with Crippen molar-refractivity contribution in [3.8, 4) is 17.7 Å². The number of phenols is 1. The fourth-order valence-electron chi connectivity index (χ4n) is 2.24. The number of nitrogens with zero attached hydrogens (tertiary/aromatic N) is 3. The molecule has 0 unspecified atom stereocenters. The highest BCUT2D eigenvalue weighted by molar-refractivity contribution is 14.1. The van der Waals surface area contributed by atoms with E-state index in [9.17, 15) is 15.2 Å². The maximum Gasteiger partial charge on any atom is 0.278 e. The number of nitriles is 1. The van der Waals surface area contributed by atoms with Crippen LogP contribution in [0, 0.1) is 21.8 Å². The van der Waals surface area contributed by atoms with Gasteiger partial charge in [0.15, 0.2) is 6.61 Å². The van der Waals surface area contributed by atoms with Gasteiger partial charge in [0, 0.05) is 27.2 Å². The van der Waals surface area contributed by atoms with Crippen LogP contribution in [0.3, 0.4) is 0 Å². The fraction of sp³-hybridized carbons (Fsp3) is 0.222. The van der Waals surface area contributed by atoms with Crippen LogP contribution in [0.15, 0.2) is 26.2 Å². The Hall–Kier alpha value is -1.75. The third-order valence-corrected chi connectivity index (χ3v) is 5.89. The van der Waals surface area contributed by atoms with Gasteiger partial charge in [-0.15, -0.1) is 0 Å². The Morgan fingerprint density at radius 3 is 2.86 bits per heavy atom. The van der Waals surface area contributed by atoms with Crippen LogP contribution in [0.25, 0.3) is 0 Å². The van der Waals surface area contributed by atoms with E-state index in [1.165, 1.54) is 13.3 Å². The van der Waals surface area contributed by atoms with E-state index < -0.39 is 12.5 Å². The lowest BCUT2D eigenvalue weighted by Gasteiger charge is -2.13. The van der Waals surface area contributed by atoms with Gasteiger partial charge in [0.05, 0.1) is 22.1 Å². The topological polar surface area (TPSA) is 117 Å². The average Bonchev–Trinajstić information content (AvgIpc) is 2.67. The number of nitrogens with one attached hydrogen (secondary N) is 1. The molecule has 0 aliphatic rings. The van der Waals surface area contributed by atoms with Crippen molar-refractivity contribution in [2.45, 2.75) is 13.5 Å². The number of halogens is 3. The highest BCUT2D eigenvalue weighted by Gasteiger charge is 2.18. The van der Waals surface area contributed by atoms with Crippen molar-refractivity contribution in [1.29, 1.82) is 5.26 Å². The number of methoxy groups -OCH3 is 1. The predicted octanol–water partition coefficient (Wildman–Crippen LogP) is 3.77. The van der Waals surface area contributed by atoms with Crippen molar-refractivity contribution in [3.05, 3.63) is 47.0 Å². The Labute approximate surface area is 197 Å². The van der Waals surface area contributed by atoms with E-state index in [1.54, 1.807) is 19.1 Å². The molecule has 1 aromatic heterocycles. The third kappa shape index (κ3) is 6.11. The average molecular weight is 638 g/mol. The van der Waals surface area contributed by atoms with E-state index >= 15 is 0 Å². The van der Waals surface area contributed by atoms with Gasteiger partial charge in [0.1, 0.15) is 17.4 Å². The Morgan fingerprint density at radius 2 is 2.21 bits per heavy atom. The van der Waals surface area contributed by atoms with E-state index in [4.69, 9.17) is 9.47 Å². The summed E-state index contributed by atoms with van der Waals surface area (Å²) in [6.07, 6.45) is 1.32. The lowest BCUT2D eigenvalue weighted by Crippen LogP contribution is -2.25. The molecule has 2 aromatic rings. The normalized spacial score (nSPS) is 10.8. The molecular formula is C18H15Br2IN4O4. The number of aromatic hydroxyl groups is 1. The lowest BCUT2D eigenvalue weighted by molar-refractivity contribution is -0.123. The smallest absolute Gasteiger partial charge is 0.278 e. The molecule has 11 heteroatoms. The zero-order valence-electron chi connectivity index (χ0n) is 15.3. The molecule has 1 aromatic carbocycles. The number of phenolic OH excluding ortho intramolecular Hbond substituents is 1. The molecule has 1 amide bonds. The molecule has 0 spiro atoms. The van der Waals surface area contributed by atoms with Crippen molar-refractivity contribution in [2.75, 3.05) is 13.7 Å². The highest BCUT2D eigenvalue weighted by atomic mass is 127. The first-order chi connectivity index (χ1) is 13.8. The lowest BCUT2D eigenvalue weighted by atomic mass is 10.1. The van der Waals surface area contributed by atoms with Crippen molar-refractivity contribution < 1.29 is 19.4 Å². The fourth-order valence-corrected chi connectivity index (χ4v) is 4.19. The van der Waals surface area contributed by atoms with Crippen LogP contribution in [0.2, 0.25) is 0 Å². The van der Waals surface area contributed by atoms with Gasteiger partial charge in [0.2, 0.25) is 5.88 Å². The Balaban J connectivity index is 2.07. The van der Waals surface area contributed by atoms with Crippen molar-refractivity contribution in [2.24, 2.45) is 5.10 Å². The molecule has 0 aliphatic carbocycles. The number of hydrogen-bond acceptors (Lipinski definition) is 7. The van der Waals surface area contributed by atoms with Gasteiger partial charge < -0.3 is 14.6 Å². The van der Waals surface area contributed by atoms with Gasteiger partial charge in [-0.3, -0.25) is 4.79 Å². The number of pyridine rings is 1. The van der Waals surface area contributed by atoms with Gasteiger partial charge >= 0.3 is 0 Å². The Kier molecular flexibility index (Phi) is 8.81. The molecule has 0 radical (unpaired) electrons. The Bertz CT molecular complexity index is 1010. The zero-order valence-corrected chi connectivity index (χ0v) is 20.6. The van der Waals surface area contributed by atoms with Crippen LogP contribution in [0.1, 0.15) is 22.4 Å². The number of benzene rings is 1. The number of amides is 1. The molecule has 2 rings (SSSR count). The largest absolute Gasteiger partial charge is 0.506 e. The number of hydrazone groups is 1. The summed E-state index contributed by atoms with van der Waals surface area (Å²) in [5, 5.41) is 23.3. The summed E-state index contributed by atoms with van der Waals surface area (Å²) in [4.78, 5) is 16.2. The van der Waals surface area contributed by atoms with Gasteiger partial charge in [0.25, 0.3) is 5.91 Å². The van der Waals surface area contributed by atoms with Gasteiger partial charge in [-0.2, -0.15) is 10.4 Å². The maximum atomic E-state index is 12.0. The number of aryl methyl sites for hydroxylation is 1. The molecule has 0 saturated carbocycles. The number of aromatic nitrogens is 1. The molecule has 0 fully saturated rings. The molecule has 0 bridgehead atoms. The standard InChI is InChI=1S/C18H15Br2IN4O4/c1-9-16(20)13(7-28-2)12(5-22)18(24-9)29-8-15(26)25-23-6-10-3-11(19)4-14(21)17(10)27/h3-4,6,27H,7-8H2,1-2H3,(H,25,26). The van der Waals surface area contributed by atoms with Crippen LogP contribution >= 0.6 is 54.5 Å². The third-order valence-electron chi connectivity index (χ3n) is 3.56. The van der Waals surface area contributed by atoms with Crippen LogP contribution in [-0.4, -0.2) is 35.9 Å². The molecule has 0 aliphatic heterocycles. The number of rotatable bonds is 7. The van der Waals surface area contributed by atoms with Crippen LogP contribution in [0.5, 0.6) is 11.6 Å². The minimum absolute atomic E-state index is 0.0403. The summed E-state index contributed by atoms with van der Waals surface area (Å²) in [6.45, 7) is 1.54. The summed E-state index contributed by atoms with van der Waals surface area (Å²) >= 11 is 8.70. The summed E-state index contributed by atoms with van der Waals surface area (Å²) in [5.74, 6) is -0.453. The van der Waals surface area contributed by atoms with Crippen molar-refractivity contribution in [1.82, 2.24) is 10.4 Å².